The van der Waals surface area contributed by atoms with Crippen molar-refractivity contribution in [2.75, 3.05) is 13.2 Å². The topological polar surface area (TPSA) is 35.5 Å². The average molecular weight is 398 g/mol. The highest BCUT2D eigenvalue weighted by molar-refractivity contribution is 9.10. The summed E-state index contributed by atoms with van der Waals surface area (Å²) in [4.78, 5) is 11.1. The molecule has 0 amide bonds. The zero-order valence-corrected chi connectivity index (χ0v) is 15.4. The number of para-hydroxylation sites is 1. The van der Waals surface area contributed by atoms with E-state index in [0.717, 1.165) is 17.6 Å². The van der Waals surface area contributed by atoms with Crippen LogP contribution >= 0.6 is 27.5 Å². The summed E-state index contributed by atoms with van der Waals surface area (Å²) in [5, 5.41) is 0.480. The second-order valence-corrected chi connectivity index (χ2v) is 6.60. The Bertz CT molecular complexity index is 686. The molecule has 0 bridgehead atoms. The number of carbonyl (C=O) groups is 1. The van der Waals surface area contributed by atoms with Crippen LogP contribution in [0.1, 0.15) is 35.7 Å². The van der Waals surface area contributed by atoms with Crippen molar-refractivity contribution in [3.8, 4) is 11.5 Å². The van der Waals surface area contributed by atoms with Crippen LogP contribution in [-0.4, -0.2) is 19.5 Å². The number of halogens is 2. The predicted molar refractivity (Wildman–Crippen MR) is 96.1 cm³/mol. The molecule has 0 heterocycles. The van der Waals surface area contributed by atoms with E-state index < -0.39 is 0 Å². The van der Waals surface area contributed by atoms with Gasteiger partial charge >= 0.3 is 0 Å². The number of carbonyl (C=O) groups excluding carboxylic acids is 1. The molecular formula is C18H18BrClO3. The third-order valence-electron chi connectivity index (χ3n) is 3.29. The molecule has 23 heavy (non-hydrogen) atoms. The van der Waals surface area contributed by atoms with Gasteiger partial charge < -0.3 is 9.47 Å². The van der Waals surface area contributed by atoms with Crippen molar-refractivity contribution in [2.24, 2.45) is 0 Å². The summed E-state index contributed by atoms with van der Waals surface area (Å²) in [7, 11) is 0. The van der Waals surface area contributed by atoms with Crippen LogP contribution < -0.4 is 9.47 Å². The zero-order chi connectivity index (χ0) is 16.8. The van der Waals surface area contributed by atoms with Gasteiger partial charge in [0, 0.05) is 5.02 Å². The van der Waals surface area contributed by atoms with Crippen molar-refractivity contribution in [1.82, 2.24) is 0 Å². The molecule has 2 aromatic rings. The molecule has 0 N–H and O–H groups in total. The smallest absolute Gasteiger partial charge is 0.153 e. The van der Waals surface area contributed by atoms with Gasteiger partial charge in [-0.3, -0.25) is 4.79 Å². The molecule has 2 aromatic carbocycles. The summed E-state index contributed by atoms with van der Waals surface area (Å²) >= 11 is 9.28. The number of rotatable bonds is 7. The number of aldehydes is 1. The Hall–Kier alpha value is -1.52. The molecule has 0 saturated carbocycles. The van der Waals surface area contributed by atoms with Gasteiger partial charge in [0.15, 0.2) is 6.29 Å². The fourth-order valence-electron chi connectivity index (χ4n) is 2.20. The summed E-state index contributed by atoms with van der Waals surface area (Å²) in [5.41, 5.74) is 1.57. The SMILES string of the molecule is CC(C)c1ccccc1OCCOc1c(Br)cc(Cl)cc1C=O. The van der Waals surface area contributed by atoms with E-state index in [2.05, 4.69) is 35.8 Å². The van der Waals surface area contributed by atoms with Gasteiger partial charge in [-0.05, 0) is 45.6 Å². The fourth-order valence-corrected chi connectivity index (χ4v) is 3.15. The molecule has 0 fully saturated rings. The van der Waals surface area contributed by atoms with Crippen LogP contribution in [0.5, 0.6) is 11.5 Å². The average Bonchev–Trinajstić information content (AvgIpc) is 2.52. The minimum absolute atomic E-state index is 0.327. The third kappa shape index (κ3) is 4.72. The first-order chi connectivity index (χ1) is 11.0. The third-order valence-corrected chi connectivity index (χ3v) is 4.10. The van der Waals surface area contributed by atoms with Crippen LogP contribution in [-0.2, 0) is 0 Å². The molecule has 0 radical (unpaired) electrons. The van der Waals surface area contributed by atoms with Crippen LogP contribution in [0.3, 0.4) is 0 Å². The van der Waals surface area contributed by atoms with E-state index in [-0.39, 0.29) is 0 Å². The Kier molecular flexibility index (Phi) is 6.48. The van der Waals surface area contributed by atoms with Crippen molar-refractivity contribution in [3.63, 3.8) is 0 Å². The summed E-state index contributed by atoms with van der Waals surface area (Å²) in [6, 6.07) is 11.2. The maximum absolute atomic E-state index is 11.1. The van der Waals surface area contributed by atoms with Gasteiger partial charge in [-0.1, -0.05) is 43.6 Å². The minimum atomic E-state index is 0.327. The Morgan fingerprint density at radius 3 is 2.57 bits per heavy atom. The van der Waals surface area contributed by atoms with Gasteiger partial charge in [-0.25, -0.2) is 0 Å². The van der Waals surface area contributed by atoms with E-state index in [0.29, 0.717) is 39.9 Å². The van der Waals surface area contributed by atoms with Crippen molar-refractivity contribution < 1.29 is 14.3 Å². The van der Waals surface area contributed by atoms with Crippen LogP contribution in [0.25, 0.3) is 0 Å². The molecule has 0 aromatic heterocycles. The fraction of sp³-hybridized carbons (Fsp3) is 0.278. The first kappa shape index (κ1) is 17.8. The number of hydrogen-bond donors (Lipinski definition) is 0. The number of ether oxygens (including phenoxy) is 2. The Labute approximate surface area is 149 Å². The van der Waals surface area contributed by atoms with Gasteiger partial charge in [-0.2, -0.15) is 0 Å². The molecule has 0 unspecified atom stereocenters. The lowest BCUT2D eigenvalue weighted by Crippen LogP contribution is -2.11. The molecule has 122 valence electrons. The van der Waals surface area contributed by atoms with E-state index in [1.165, 1.54) is 0 Å². The lowest BCUT2D eigenvalue weighted by atomic mass is 10.0. The van der Waals surface area contributed by atoms with E-state index in [9.17, 15) is 4.79 Å². The van der Waals surface area contributed by atoms with Gasteiger partial charge in [-0.15, -0.1) is 0 Å². The molecule has 0 aliphatic carbocycles. The Morgan fingerprint density at radius 2 is 1.87 bits per heavy atom. The normalized spacial score (nSPS) is 10.7. The van der Waals surface area contributed by atoms with Crippen molar-refractivity contribution in [3.05, 3.63) is 57.0 Å². The highest BCUT2D eigenvalue weighted by Crippen LogP contribution is 2.32. The molecule has 5 heteroatoms. The first-order valence-electron chi connectivity index (χ1n) is 7.31. The van der Waals surface area contributed by atoms with Crippen LogP contribution in [0.4, 0.5) is 0 Å². The van der Waals surface area contributed by atoms with Gasteiger partial charge in [0.05, 0.1) is 10.0 Å². The van der Waals surface area contributed by atoms with Gasteiger partial charge in [0.2, 0.25) is 0 Å². The molecule has 0 spiro atoms. The van der Waals surface area contributed by atoms with E-state index >= 15 is 0 Å². The quantitative estimate of drug-likeness (QED) is 0.457. The summed E-state index contributed by atoms with van der Waals surface area (Å²) in [6.07, 6.45) is 0.723. The molecule has 0 atom stereocenters. The molecule has 0 aliphatic heterocycles. The molecule has 2 rings (SSSR count). The summed E-state index contributed by atoms with van der Waals surface area (Å²) in [6.45, 7) is 4.96. The second kappa shape index (κ2) is 8.37. The highest BCUT2D eigenvalue weighted by atomic mass is 79.9. The Balaban J connectivity index is 1.98. The van der Waals surface area contributed by atoms with E-state index in [4.69, 9.17) is 21.1 Å². The second-order valence-electron chi connectivity index (χ2n) is 5.31. The van der Waals surface area contributed by atoms with Crippen molar-refractivity contribution in [2.45, 2.75) is 19.8 Å². The summed E-state index contributed by atoms with van der Waals surface area (Å²) < 4.78 is 12.1. The van der Waals surface area contributed by atoms with Crippen LogP contribution in [0, 0.1) is 0 Å². The van der Waals surface area contributed by atoms with E-state index in [1.807, 2.05) is 18.2 Å². The Morgan fingerprint density at radius 1 is 1.17 bits per heavy atom. The van der Waals surface area contributed by atoms with Crippen LogP contribution in [0.2, 0.25) is 5.02 Å². The van der Waals surface area contributed by atoms with Gasteiger partial charge in [0.1, 0.15) is 24.7 Å². The summed E-state index contributed by atoms with van der Waals surface area (Å²) in [5.74, 6) is 1.72. The van der Waals surface area contributed by atoms with Crippen molar-refractivity contribution in [1.29, 1.82) is 0 Å². The number of benzene rings is 2. The maximum atomic E-state index is 11.1. The molecule has 3 nitrogen and oxygen atoms in total. The maximum Gasteiger partial charge on any atom is 0.153 e. The van der Waals surface area contributed by atoms with Crippen LogP contribution in [0.15, 0.2) is 40.9 Å². The lowest BCUT2D eigenvalue weighted by molar-refractivity contribution is 0.111. The largest absolute Gasteiger partial charge is 0.490 e. The first-order valence-corrected chi connectivity index (χ1v) is 8.48. The monoisotopic (exact) mass is 396 g/mol. The lowest BCUT2D eigenvalue weighted by Gasteiger charge is -2.15. The number of hydrogen-bond acceptors (Lipinski definition) is 3. The molecule has 0 saturated heterocycles. The van der Waals surface area contributed by atoms with E-state index in [1.54, 1.807) is 12.1 Å². The standard InChI is InChI=1S/C18H18BrClO3/c1-12(2)15-5-3-4-6-17(15)22-7-8-23-18-13(11-21)9-14(20)10-16(18)19/h3-6,9-12H,7-8H2,1-2H3. The van der Waals surface area contributed by atoms with Gasteiger partial charge in [0.25, 0.3) is 0 Å². The minimum Gasteiger partial charge on any atom is -0.490 e. The predicted octanol–water partition coefficient (Wildman–Crippen LogP) is 5.50. The highest BCUT2D eigenvalue weighted by Gasteiger charge is 2.11. The van der Waals surface area contributed by atoms with Crippen molar-refractivity contribution >= 4 is 33.8 Å². The zero-order valence-electron chi connectivity index (χ0n) is 13.0. The molecule has 0 aliphatic rings. The molecular weight excluding hydrogens is 380 g/mol.